The van der Waals surface area contributed by atoms with Gasteiger partial charge in [0, 0.05) is 24.8 Å². The number of rotatable bonds is 7. The number of unbranched alkanes of at least 4 members (excludes halogenated alkanes) is 1. The summed E-state index contributed by atoms with van der Waals surface area (Å²) in [5.41, 5.74) is 2.91. The number of aryl methyl sites for hydroxylation is 2. The van der Waals surface area contributed by atoms with Crippen LogP contribution >= 0.6 is 0 Å². The second-order valence-corrected chi connectivity index (χ2v) is 6.40. The fourth-order valence-electron chi connectivity index (χ4n) is 3.46. The number of aromatic nitrogens is 1. The van der Waals surface area contributed by atoms with Gasteiger partial charge in [0.05, 0.1) is 7.11 Å². The first-order valence-corrected chi connectivity index (χ1v) is 8.83. The fourth-order valence-corrected chi connectivity index (χ4v) is 3.46. The molecule has 24 heavy (non-hydrogen) atoms. The SMILES string of the molecule is COc1ccc2c(c1)CCC[C@H]2NCCCCn1ccccc1=O. The zero-order chi connectivity index (χ0) is 16.8. The van der Waals surface area contributed by atoms with Gasteiger partial charge >= 0.3 is 0 Å². The Morgan fingerprint density at radius 2 is 2.17 bits per heavy atom. The van der Waals surface area contributed by atoms with E-state index in [4.69, 9.17) is 4.74 Å². The lowest BCUT2D eigenvalue weighted by Gasteiger charge is -2.27. The molecule has 1 aromatic heterocycles. The third kappa shape index (κ3) is 4.06. The molecule has 1 heterocycles. The monoisotopic (exact) mass is 326 g/mol. The van der Waals surface area contributed by atoms with Crippen LogP contribution in [0.4, 0.5) is 0 Å². The molecule has 0 aliphatic heterocycles. The van der Waals surface area contributed by atoms with Gasteiger partial charge in [-0.1, -0.05) is 12.1 Å². The molecular weight excluding hydrogens is 300 g/mol. The maximum atomic E-state index is 11.7. The number of fused-ring (bicyclic) bond motifs is 1. The Balaban J connectivity index is 1.48. The summed E-state index contributed by atoms with van der Waals surface area (Å²) in [5.74, 6) is 0.947. The molecule has 4 nitrogen and oxygen atoms in total. The van der Waals surface area contributed by atoms with Crippen molar-refractivity contribution in [3.05, 3.63) is 64.1 Å². The molecule has 0 fully saturated rings. The lowest BCUT2D eigenvalue weighted by molar-refractivity contribution is 0.410. The Kier molecular flexibility index (Phi) is 5.70. The summed E-state index contributed by atoms with van der Waals surface area (Å²) in [6.07, 6.45) is 7.50. The second kappa shape index (κ2) is 8.15. The molecule has 1 aliphatic rings. The topological polar surface area (TPSA) is 43.3 Å². The molecule has 1 atom stereocenters. The van der Waals surface area contributed by atoms with Gasteiger partial charge in [-0.05, 0) is 68.0 Å². The summed E-state index contributed by atoms with van der Waals surface area (Å²) < 4.78 is 7.11. The van der Waals surface area contributed by atoms with Crippen molar-refractivity contribution in [2.45, 2.75) is 44.7 Å². The maximum Gasteiger partial charge on any atom is 0.250 e. The van der Waals surface area contributed by atoms with Crippen LogP contribution in [0.2, 0.25) is 0 Å². The minimum Gasteiger partial charge on any atom is -0.497 e. The predicted molar refractivity (Wildman–Crippen MR) is 96.6 cm³/mol. The van der Waals surface area contributed by atoms with Crippen LogP contribution in [0, 0.1) is 0 Å². The first-order valence-electron chi connectivity index (χ1n) is 8.83. The summed E-state index contributed by atoms with van der Waals surface area (Å²) in [6.45, 7) is 1.78. The Morgan fingerprint density at radius 3 is 3.00 bits per heavy atom. The Morgan fingerprint density at radius 1 is 1.25 bits per heavy atom. The average molecular weight is 326 g/mol. The Labute approximate surface area is 143 Å². The molecule has 1 aliphatic carbocycles. The van der Waals surface area contributed by atoms with E-state index in [1.165, 1.54) is 24.0 Å². The van der Waals surface area contributed by atoms with Crippen LogP contribution in [0.25, 0.3) is 0 Å². The van der Waals surface area contributed by atoms with E-state index >= 15 is 0 Å². The molecule has 0 unspecified atom stereocenters. The predicted octanol–water partition coefficient (Wildman–Crippen LogP) is 3.30. The van der Waals surface area contributed by atoms with Crippen molar-refractivity contribution >= 4 is 0 Å². The number of benzene rings is 1. The van der Waals surface area contributed by atoms with Gasteiger partial charge in [0.25, 0.3) is 0 Å². The minimum absolute atomic E-state index is 0.0839. The van der Waals surface area contributed by atoms with E-state index in [0.29, 0.717) is 6.04 Å². The van der Waals surface area contributed by atoms with Gasteiger partial charge in [-0.25, -0.2) is 0 Å². The number of nitrogens with zero attached hydrogens (tertiary/aromatic N) is 1. The second-order valence-electron chi connectivity index (χ2n) is 6.40. The molecule has 4 heteroatoms. The van der Waals surface area contributed by atoms with E-state index in [0.717, 1.165) is 38.1 Å². The third-order valence-electron chi connectivity index (χ3n) is 4.78. The molecule has 1 aromatic carbocycles. The average Bonchev–Trinajstić information content (AvgIpc) is 2.62. The minimum atomic E-state index is 0.0839. The lowest BCUT2D eigenvalue weighted by Crippen LogP contribution is -2.26. The number of hydrogen-bond acceptors (Lipinski definition) is 3. The molecular formula is C20H26N2O2. The van der Waals surface area contributed by atoms with Crippen LogP contribution < -0.4 is 15.6 Å². The zero-order valence-corrected chi connectivity index (χ0v) is 14.3. The summed E-state index contributed by atoms with van der Waals surface area (Å²) in [4.78, 5) is 11.7. The Hall–Kier alpha value is -2.07. The molecule has 128 valence electrons. The van der Waals surface area contributed by atoms with Gasteiger partial charge in [-0.2, -0.15) is 0 Å². The molecule has 0 bridgehead atoms. The van der Waals surface area contributed by atoms with Crippen molar-refractivity contribution in [2.75, 3.05) is 13.7 Å². The summed E-state index contributed by atoms with van der Waals surface area (Å²) in [6, 6.07) is 12.2. The van der Waals surface area contributed by atoms with Crippen molar-refractivity contribution in [3.63, 3.8) is 0 Å². The van der Waals surface area contributed by atoms with Gasteiger partial charge in [-0.3, -0.25) is 4.79 Å². The summed E-state index contributed by atoms with van der Waals surface area (Å²) >= 11 is 0. The van der Waals surface area contributed by atoms with Gasteiger partial charge in [0.1, 0.15) is 5.75 Å². The normalized spacial score (nSPS) is 16.6. The highest BCUT2D eigenvalue weighted by atomic mass is 16.5. The van der Waals surface area contributed by atoms with E-state index in [9.17, 15) is 4.79 Å². The molecule has 1 N–H and O–H groups in total. The van der Waals surface area contributed by atoms with Crippen molar-refractivity contribution in [1.29, 1.82) is 0 Å². The lowest BCUT2D eigenvalue weighted by atomic mass is 9.87. The van der Waals surface area contributed by atoms with Gasteiger partial charge in [0.15, 0.2) is 0 Å². The molecule has 0 saturated carbocycles. The molecule has 0 radical (unpaired) electrons. The smallest absolute Gasteiger partial charge is 0.250 e. The van der Waals surface area contributed by atoms with Crippen LogP contribution in [-0.2, 0) is 13.0 Å². The molecule has 2 aromatic rings. The largest absolute Gasteiger partial charge is 0.497 e. The van der Waals surface area contributed by atoms with Crippen molar-refractivity contribution in [3.8, 4) is 5.75 Å². The van der Waals surface area contributed by atoms with Crippen LogP contribution in [-0.4, -0.2) is 18.2 Å². The molecule has 0 saturated heterocycles. The first kappa shape index (κ1) is 16.8. The summed E-state index contributed by atoms with van der Waals surface area (Å²) in [5, 5.41) is 3.69. The number of hydrogen-bond donors (Lipinski definition) is 1. The third-order valence-corrected chi connectivity index (χ3v) is 4.78. The molecule has 3 rings (SSSR count). The van der Waals surface area contributed by atoms with Crippen LogP contribution in [0.5, 0.6) is 5.75 Å². The van der Waals surface area contributed by atoms with E-state index in [1.54, 1.807) is 23.8 Å². The first-order chi connectivity index (χ1) is 11.8. The van der Waals surface area contributed by atoms with Crippen molar-refractivity contribution in [2.24, 2.45) is 0 Å². The Bertz CT molecular complexity index is 724. The standard InChI is InChI=1S/C20H26N2O2/c1-24-17-10-11-18-16(15-17)7-6-8-19(18)21-12-3-5-14-22-13-4-2-9-20(22)23/h2,4,9-11,13,15,19,21H,3,5-8,12,14H2,1H3/t19-/m1/s1. The van der Waals surface area contributed by atoms with Crippen LogP contribution in [0.1, 0.15) is 42.9 Å². The van der Waals surface area contributed by atoms with E-state index in [1.807, 2.05) is 12.3 Å². The van der Waals surface area contributed by atoms with Crippen molar-refractivity contribution in [1.82, 2.24) is 9.88 Å². The van der Waals surface area contributed by atoms with E-state index in [2.05, 4.69) is 23.5 Å². The van der Waals surface area contributed by atoms with E-state index in [-0.39, 0.29) is 5.56 Å². The maximum absolute atomic E-state index is 11.7. The number of nitrogens with one attached hydrogen (secondary N) is 1. The van der Waals surface area contributed by atoms with E-state index < -0.39 is 0 Å². The summed E-state index contributed by atoms with van der Waals surface area (Å²) in [7, 11) is 1.72. The van der Waals surface area contributed by atoms with Gasteiger partial charge < -0.3 is 14.6 Å². The number of pyridine rings is 1. The highest BCUT2D eigenvalue weighted by Crippen LogP contribution is 2.32. The van der Waals surface area contributed by atoms with Crippen LogP contribution in [0.3, 0.4) is 0 Å². The van der Waals surface area contributed by atoms with Gasteiger partial charge in [-0.15, -0.1) is 0 Å². The highest BCUT2D eigenvalue weighted by Gasteiger charge is 2.19. The molecule has 0 spiro atoms. The quantitative estimate of drug-likeness (QED) is 0.794. The zero-order valence-electron chi connectivity index (χ0n) is 14.3. The van der Waals surface area contributed by atoms with Crippen molar-refractivity contribution < 1.29 is 4.74 Å². The molecule has 0 amide bonds. The van der Waals surface area contributed by atoms with Crippen LogP contribution in [0.15, 0.2) is 47.4 Å². The highest BCUT2D eigenvalue weighted by molar-refractivity contribution is 5.39. The fraction of sp³-hybridized carbons (Fsp3) is 0.450. The van der Waals surface area contributed by atoms with Gasteiger partial charge in [0.2, 0.25) is 5.56 Å². The number of methoxy groups -OCH3 is 1. The number of ether oxygens (including phenoxy) is 1.